The van der Waals surface area contributed by atoms with E-state index in [9.17, 15) is 4.79 Å². The molecule has 15 heavy (non-hydrogen) atoms. The van der Waals surface area contributed by atoms with Crippen molar-refractivity contribution in [3.8, 4) is 6.07 Å². The number of carbonyl (C=O) groups is 1. The SMILES string of the molecule is CS1(c2cccc(C#N)c2)CC(=O)N=N1. The lowest BCUT2D eigenvalue weighted by atomic mass is 10.2. The summed E-state index contributed by atoms with van der Waals surface area (Å²) >= 11 is 0. The molecule has 1 amide bonds. The van der Waals surface area contributed by atoms with E-state index in [1.165, 1.54) is 0 Å². The summed E-state index contributed by atoms with van der Waals surface area (Å²) in [7, 11) is -1.51. The van der Waals surface area contributed by atoms with E-state index in [4.69, 9.17) is 5.26 Å². The second-order valence-corrected chi connectivity index (χ2v) is 6.40. The van der Waals surface area contributed by atoms with Gasteiger partial charge in [-0.15, -0.1) is 9.63 Å². The van der Waals surface area contributed by atoms with Gasteiger partial charge in [0.2, 0.25) is 0 Å². The Morgan fingerprint density at radius 1 is 1.53 bits per heavy atom. The minimum atomic E-state index is -1.51. The zero-order valence-electron chi connectivity index (χ0n) is 8.17. The first-order valence-corrected chi connectivity index (χ1v) is 6.53. The van der Waals surface area contributed by atoms with Crippen LogP contribution in [0.25, 0.3) is 0 Å². The van der Waals surface area contributed by atoms with Crippen molar-refractivity contribution in [1.29, 1.82) is 5.26 Å². The topological polar surface area (TPSA) is 65.6 Å². The number of nitrogens with zero attached hydrogens (tertiary/aromatic N) is 3. The van der Waals surface area contributed by atoms with Gasteiger partial charge in [0.1, 0.15) is 0 Å². The summed E-state index contributed by atoms with van der Waals surface area (Å²) in [4.78, 5) is 12.0. The van der Waals surface area contributed by atoms with E-state index >= 15 is 0 Å². The van der Waals surface area contributed by atoms with Gasteiger partial charge in [0, 0.05) is 4.90 Å². The maximum atomic E-state index is 11.1. The molecular formula is C10H9N3OS. The number of amides is 1. The van der Waals surface area contributed by atoms with Gasteiger partial charge in [0.15, 0.2) is 0 Å². The molecule has 76 valence electrons. The van der Waals surface area contributed by atoms with Crippen LogP contribution in [0.5, 0.6) is 0 Å². The van der Waals surface area contributed by atoms with Gasteiger partial charge in [0.05, 0.1) is 17.4 Å². The maximum absolute atomic E-state index is 11.1. The molecule has 0 radical (unpaired) electrons. The van der Waals surface area contributed by atoms with Crippen molar-refractivity contribution in [2.75, 3.05) is 12.0 Å². The molecule has 0 aromatic heterocycles. The monoisotopic (exact) mass is 219 g/mol. The third-order valence-electron chi connectivity index (χ3n) is 2.21. The molecule has 1 aromatic rings. The zero-order valence-corrected chi connectivity index (χ0v) is 8.99. The Balaban J connectivity index is 2.42. The van der Waals surface area contributed by atoms with Gasteiger partial charge in [-0.1, -0.05) is 16.3 Å². The van der Waals surface area contributed by atoms with Crippen molar-refractivity contribution in [2.45, 2.75) is 4.90 Å². The van der Waals surface area contributed by atoms with Crippen molar-refractivity contribution in [3.05, 3.63) is 29.8 Å². The first-order chi connectivity index (χ1) is 7.14. The fourth-order valence-electron chi connectivity index (χ4n) is 1.40. The Morgan fingerprint density at radius 3 is 2.93 bits per heavy atom. The predicted octanol–water partition coefficient (Wildman–Crippen LogP) is 2.26. The maximum Gasteiger partial charge on any atom is 0.275 e. The molecule has 4 nitrogen and oxygen atoms in total. The predicted molar refractivity (Wildman–Crippen MR) is 57.7 cm³/mol. The Bertz CT molecular complexity index is 492. The van der Waals surface area contributed by atoms with Crippen LogP contribution in [-0.4, -0.2) is 17.9 Å². The molecule has 0 fully saturated rings. The molecule has 1 aliphatic heterocycles. The molecule has 0 saturated heterocycles. The average molecular weight is 219 g/mol. The van der Waals surface area contributed by atoms with Crippen LogP contribution in [0.3, 0.4) is 0 Å². The number of carbonyl (C=O) groups excluding carboxylic acids is 1. The number of hydrogen-bond acceptors (Lipinski definition) is 3. The average Bonchev–Trinajstić information content (AvgIpc) is 2.60. The smallest absolute Gasteiger partial charge is 0.270 e. The quantitative estimate of drug-likeness (QED) is 0.727. The van der Waals surface area contributed by atoms with Crippen molar-refractivity contribution in [2.24, 2.45) is 9.63 Å². The van der Waals surface area contributed by atoms with Gasteiger partial charge in [-0.05, 0) is 24.5 Å². The summed E-state index contributed by atoms with van der Waals surface area (Å²) in [5, 5.41) is 12.3. The molecular weight excluding hydrogens is 210 g/mol. The second kappa shape index (κ2) is 3.48. The fraction of sp³-hybridized carbons (Fsp3) is 0.200. The highest BCUT2D eigenvalue weighted by molar-refractivity contribution is 8.32. The minimum absolute atomic E-state index is 0.171. The van der Waals surface area contributed by atoms with Gasteiger partial charge in [-0.2, -0.15) is 5.26 Å². The fourth-order valence-corrected chi connectivity index (χ4v) is 3.28. The molecule has 2 rings (SSSR count). The number of benzene rings is 1. The lowest BCUT2D eigenvalue weighted by molar-refractivity contribution is -0.115. The van der Waals surface area contributed by atoms with Crippen LogP contribution in [0.1, 0.15) is 5.56 Å². The molecule has 0 spiro atoms. The molecule has 5 heteroatoms. The summed E-state index contributed by atoms with van der Waals surface area (Å²) in [6.45, 7) is 0. The number of nitriles is 1. The lowest BCUT2D eigenvalue weighted by Crippen LogP contribution is -2.02. The first-order valence-electron chi connectivity index (χ1n) is 4.36. The van der Waals surface area contributed by atoms with E-state index in [1.807, 2.05) is 18.4 Å². The normalized spacial score (nSPS) is 28.4. The van der Waals surface area contributed by atoms with Crippen LogP contribution in [0, 0.1) is 11.3 Å². The summed E-state index contributed by atoms with van der Waals surface area (Å²) in [5.41, 5.74) is 0.593. The molecule has 1 aromatic carbocycles. The van der Waals surface area contributed by atoms with Crippen molar-refractivity contribution < 1.29 is 4.79 Å². The molecule has 0 N–H and O–H groups in total. The lowest BCUT2D eigenvalue weighted by Gasteiger charge is -2.23. The van der Waals surface area contributed by atoms with Crippen LogP contribution >= 0.6 is 10.2 Å². The van der Waals surface area contributed by atoms with Gasteiger partial charge in [0.25, 0.3) is 5.91 Å². The highest BCUT2D eigenvalue weighted by atomic mass is 32.3. The van der Waals surface area contributed by atoms with E-state index in [2.05, 4.69) is 15.7 Å². The molecule has 0 saturated carbocycles. The van der Waals surface area contributed by atoms with Crippen LogP contribution in [0.2, 0.25) is 0 Å². The minimum Gasteiger partial charge on any atom is -0.270 e. The Kier molecular flexibility index (Phi) is 2.29. The van der Waals surface area contributed by atoms with Crippen molar-refractivity contribution in [3.63, 3.8) is 0 Å². The van der Waals surface area contributed by atoms with Gasteiger partial charge in [-0.25, -0.2) is 0 Å². The highest BCUT2D eigenvalue weighted by Gasteiger charge is 2.29. The van der Waals surface area contributed by atoms with Gasteiger partial charge >= 0.3 is 0 Å². The largest absolute Gasteiger partial charge is 0.275 e. The van der Waals surface area contributed by atoms with Crippen molar-refractivity contribution in [1.82, 2.24) is 0 Å². The summed E-state index contributed by atoms with van der Waals surface area (Å²) in [6.07, 6.45) is 1.93. The highest BCUT2D eigenvalue weighted by Crippen LogP contribution is 2.56. The van der Waals surface area contributed by atoms with E-state index in [0.717, 1.165) is 4.90 Å². The molecule has 1 aliphatic rings. The van der Waals surface area contributed by atoms with Crippen LogP contribution in [-0.2, 0) is 4.79 Å². The van der Waals surface area contributed by atoms with E-state index in [-0.39, 0.29) is 5.91 Å². The Labute approximate surface area is 89.1 Å². The van der Waals surface area contributed by atoms with Crippen molar-refractivity contribution >= 4 is 16.1 Å². The molecule has 0 bridgehead atoms. The van der Waals surface area contributed by atoms with Crippen LogP contribution < -0.4 is 0 Å². The Hall–Kier alpha value is -1.67. The standard InChI is InChI=1S/C10H9N3OS/c1-15(7-10(14)12-13-15)9-4-2-3-8(5-9)6-11/h2-5H,7H2,1H3. The molecule has 1 atom stereocenters. The Morgan fingerprint density at radius 2 is 2.33 bits per heavy atom. The van der Waals surface area contributed by atoms with E-state index in [0.29, 0.717) is 11.3 Å². The summed E-state index contributed by atoms with van der Waals surface area (Å²) < 4.78 is 4.04. The summed E-state index contributed by atoms with van der Waals surface area (Å²) in [6, 6.07) is 9.30. The van der Waals surface area contributed by atoms with Crippen LogP contribution in [0.4, 0.5) is 0 Å². The van der Waals surface area contributed by atoms with E-state index in [1.54, 1.807) is 12.1 Å². The third kappa shape index (κ3) is 1.76. The molecule has 1 unspecified atom stereocenters. The number of rotatable bonds is 1. The number of hydrogen-bond donors (Lipinski definition) is 0. The summed E-state index contributed by atoms with van der Waals surface area (Å²) in [5.74, 6) is 0.192. The first kappa shape index (κ1) is 9.87. The third-order valence-corrected chi connectivity index (χ3v) is 4.73. The molecule has 1 heterocycles. The second-order valence-electron chi connectivity index (χ2n) is 3.40. The van der Waals surface area contributed by atoms with Gasteiger partial charge < -0.3 is 0 Å². The van der Waals surface area contributed by atoms with E-state index < -0.39 is 10.2 Å². The molecule has 0 aliphatic carbocycles. The van der Waals surface area contributed by atoms with Gasteiger partial charge in [-0.3, -0.25) is 4.79 Å². The van der Waals surface area contributed by atoms with Crippen LogP contribution in [0.15, 0.2) is 38.8 Å². The zero-order chi connectivity index (χ0) is 10.9.